The number of nitrogens with one attached hydrogen (secondary N) is 1. The van der Waals surface area contributed by atoms with Gasteiger partial charge in [0.25, 0.3) is 0 Å². The second kappa shape index (κ2) is 7.04. The molecule has 0 amide bonds. The molecule has 1 fully saturated rings. The van der Waals surface area contributed by atoms with E-state index in [1.165, 1.54) is 0 Å². The van der Waals surface area contributed by atoms with E-state index in [2.05, 4.69) is 10.2 Å². The molecule has 4 nitrogen and oxygen atoms in total. The molecule has 1 aliphatic heterocycles. The summed E-state index contributed by atoms with van der Waals surface area (Å²) in [4.78, 5) is 13.6. The van der Waals surface area contributed by atoms with Gasteiger partial charge in [0.15, 0.2) is 0 Å². The summed E-state index contributed by atoms with van der Waals surface area (Å²) in [6, 6.07) is 0.417. The van der Waals surface area contributed by atoms with Crippen molar-refractivity contribution < 1.29 is 9.53 Å². The molecule has 5 heteroatoms. The molecule has 0 bridgehead atoms. The van der Waals surface area contributed by atoms with E-state index in [-0.39, 0.29) is 24.4 Å². The van der Waals surface area contributed by atoms with E-state index in [4.69, 9.17) is 4.74 Å². The first-order valence-corrected chi connectivity index (χ1v) is 5.27. The van der Waals surface area contributed by atoms with Crippen LogP contribution in [-0.2, 0) is 9.53 Å². The van der Waals surface area contributed by atoms with Gasteiger partial charge in [-0.1, -0.05) is 0 Å². The van der Waals surface area contributed by atoms with Gasteiger partial charge >= 0.3 is 5.97 Å². The Kier molecular flexibility index (Phi) is 6.89. The van der Waals surface area contributed by atoms with Crippen molar-refractivity contribution in [2.45, 2.75) is 32.4 Å². The number of hydrogen-bond acceptors (Lipinski definition) is 4. The third-order valence-corrected chi connectivity index (χ3v) is 2.80. The average molecular weight is 237 g/mol. The first-order valence-electron chi connectivity index (χ1n) is 5.27. The molecule has 0 aliphatic carbocycles. The van der Waals surface area contributed by atoms with E-state index in [9.17, 15) is 4.79 Å². The molecule has 2 unspecified atom stereocenters. The number of carbonyl (C=O) groups is 1. The Morgan fingerprint density at radius 1 is 1.67 bits per heavy atom. The van der Waals surface area contributed by atoms with E-state index >= 15 is 0 Å². The fraction of sp³-hybridized carbons (Fsp3) is 0.900. The van der Waals surface area contributed by atoms with Gasteiger partial charge in [-0.25, -0.2) is 0 Å². The lowest BCUT2D eigenvalue weighted by Crippen LogP contribution is -2.40. The summed E-state index contributed by atoms with van der Waals surface area (Å²) in [5.41, 5.74) is 0. The van der Waals surface area contributed by atoms with Crippen molar-refractivity contribution in [2.24, 2.45) is 0 Å². The van der Waals surface area contributed by atoms with Crippen molar-refractivity contribution >= 4 is 18.4 Å². The summed E-state index contributed by atoms with van der Waals surface area (Å²) in [5.74, 6) is -0.107. The number of rotatable bonds is 4. The van der Waals surface area contributed by atoms with Gasteiger partial charge in [-0.15, -0.1) is 12.4 Å². The van der Waals surface area contributed by atoms with Crippen LogP contribution in [0.3, 0.4) is 0 Å². The lowest BCUT2D eigenvalue weighted by atomic mass is 10.3. The van der Waals surface area contributed by atoms with Crippen molar-refractivity contribution in [3.05, 3.63) is 0 Å². The summed E-state index contributed by atoms with van der Waals surface area (Å²) in [7, 11) is 1.96. The summed E-state index contributed by atoms with van der Waals surface area (Å²) in [6.45, 7) is 6.13. The molecule has 0 radical (unpaired) electrons. The summed E-state index contributed by atoms with van der Waals surface area (Å²) in [5, 5.41) is 3.23. The van der Waals surface area contributed by atoms with Crippen LogP contribution in [0.2, 0.25) is 0 Å². The number of esters is 1. The van der Waals surface area contributed by atoms with Crippen LogP contribution in [0.1, 0.15) is 20.3 Å². The topological polar surface area (TPSA) is 41.6 Å². The molecule has 0 aromatic rings. The highest BCUT2D eigenvalue weighted by molar-refractivity contribution is 5.85. The van der Waals surface area contributed by atoms with Gasteiger partial charge in [-0.2, -0.15) is 0 Å². The molecule has 0 saturated carbocycles. The Balaban J connectivity index is 0.00000196. The van der Waals surface area contributed by atoms with E-state index in [0.29, 0.717) is 12.6 Å². The number of likely N-dealkylation sites (tertiary alicyclic amines) is 1. The highest BCUT2D eigenvalue weighted by atomic mass is 35.5. The van der Waals surface area contributed by atoms with Gasteiger partial charge in [0.2, 0.25) is 0 Å². The Bertz CT molecular complexity index is 202. The molecule has 90 valence electrons. The molecule has 1 heterocycles. The van der Waals surface area contributed by atoms with Crippen LogP contribution in [0.5, 0.6) is 0 Å². The number of halogens is 1. The van der Waals surface area contributed by atoms with Gasteiger partial charge in [0.05, 0.1) is 6.61 Å². The Labute approximate surface area is 97.8 Å². The molecular weight excluding hydrogens is 216 g/mol. The van der Waals surface area contributed by atoms with E-state index in [1.807, 2.05) is 20.9 Å². The average Bonchev–Trinajstić information content (AvgIpc) is 2.65. The molecule has 0 spiro atoms. The summed E-state index contributed by atoms with van der Waals surface area (Å²) >= 11 is 0. The largest absolute Gasteiger partial charge is 0.465 e. The molecule has 1 rings (SSSR count). The van der Waals surface area contributed by atoms with Crippen LogP contribution < -0.4 is 5.32 Å². The van der Waals surface area contributed by atoms with Crippen LogP contribution in [0.4, 0.5) is 0 Å². The smallest absolute Gasteiger partial charge is 0.323 e. The lowest BCUT2D eigenvalue weighted by Gasteiger charge is -2.22. The molecule has 2 atom stereocenters. The minimum absolute atomic E-state index is 0. The second-order valence-corrected chi connectivity index (χ2v) is 3.70. The summed E-state index contributed by atoms with van der Waals surface area (Å²) < 4.78 is 4.98. The minimum Gasteiger partial charge on any atom is -0.465 e. The van der Waals surface area contributed by atoms with Gasteiger partial charge in [-0.05, 0) is 27.3 Å². The monoisotopic (exact) mass is 236 g/mol. The molecule has 1 N–H and O–H groups in total. The Morgan fingerprint density at radius 2 is 2.33 bits per heavy atom. The van der Waals surface area contributed by atoms with Crippen molar-refractivity contribution in [1.29, 1.82) is 0 Å². The number of ether oxygens (including phenoxy) is 1. The van der Waals surface area contributed by atoms with Gasteiger partial charge in [0, 0.05) is 19.1 Å². The zero-order valence-electron chi connectivity index (χ0n) is 9.66. The Morgan fingerprint density at radius 3 is 2.80 bits per heavy atom. The maximum absolute atomic E-state index is 11.4. The standard InChI is InChI=1S/C10H20N2O2.ClH/c1-4-14-10(13)8(2)12-6-5-9(7-12)11-3;/h8-9,11H,4-7H2,1-3H3;1H. The molecule has 1 saturated heterocycles. The van der Waals surface area contributed by atoms with Gasteiger partial charge < -0.3 is 10.1 Å². The second-order valence-electron chi connectivity index (χ2n) is 3.70. The third-order valence-electron chi connectivity index (χ3n) is 2.80. The molecule has 0 aromatic heterocycles. The van der Waals surface area contributed by atoms with Crippen LogP contribution in [0, 0.1) is 0 Å². The van der Waals surface area contributed by atoms with Crippen molar-refractivity contribution in [3.8, 4) is 0 Å². The SMILES string of the molecule is CCOC(=O)C(C)N1CCC(NC)C1.Cl. The zero-order chi connectivity index (χ0) is 10.6. The maximum atomic E-state index is 11.4. The first kappa shape index (κ1) is 14.7. The molecule has 0 aromatic carbocycles. The number of carbonyl (C=O) groups excluding carboxylic acids is 1. The van der Waals surface area contributed by atoms with Crippen LogP contribution >= 0.6 is 12.4 Å². The van der Waals surface area contributed by atoms with Crippen molar-refractivity contribution in [1.82, 2.24) is 10.2 Å². The van der Waals surface area contributed by atoms with Gasteiger partial charge in [0.1, 0.15) is 6.04 Å². The molecule has 15 heavy (non-hydrogen) atoms. The van der Waals surface area contributed by atoms with Crippen LogP contribution in [0.15, 0.2) is 0 Å². The van der Waals surface area contributed by atoms with E-state index in [0.717, 1.165) is 19.5 Å². The fourth-order valence-electron chi connectivity index (χ4n) is 1.79. The summed E-state index contributed by atoms with van der Waals surface area (Å²) in [6.07, 6.45) is 1.11. The molecule has 1 aliphatic rings. The Hall–Kier alpha value is -0.320. The predicted molar refractivity (Wildman–Crippen MR) is 62.4 cm³/mol. The zero-order valence-corrected chi connectivity index (χ0v) is 10.5. The highest BCUT2D eigenvalue weighted by Gasteiger charge is 2.29. The number of hydrogen-bond donors (Lipinski definition) is 1. The predicted octanol–water partition coefficient (Wildman–Crippen LogP) is 0.654. The fourth-order valence-corrected chi connectivity index (χ4v) is 1.79. The number of likely N-dealkylation sites (N-methyl/N-ethyl adjacent to an activating group) is 1. The number of nitrogens with zero attached hydrogens (tertiary/aromatic N) is 1. The first-order chi connectivity index (χ1) is 6.69. The minimum atomic E-state index is -0.107. The highest BCUT2D eigenvalue weighted by Crippen LogP contribution is 2.13. The van der Waals surface area contributed by atoms with E-state index in [1.54, 1.807) is 0 Å². The third kappa shape index (κ3) is 3.97. The maximum Gasteiger partial charge on any atom is 0.323 e. The molecular formula is C10H21ClN2O2. The normalized spacial score (nSPS) is 23.3. The van der Waals surface area contributed by atoms with Crippen molar-refractivity contribution in [3.63, 3.8) is 0 Å². The lowest BCUT2D eigenvalue weighted by molar-refractivity contribution is -0.148. The van der Waals surface area contributed by atoms with Gasteiger partial charge in [-0.3, -0.25) is 9.69 Å². The van der Waals surface area contributed by atoms with Crippen LogP contribution in [-0.4, -0.2) is 49.7 Å². The van der Waals surface area contributed by atoms with E-state index < -0.39 is 0 Å². The quantitative estimate of drug-likeness (QED) is 0.728. The van der Waals surface area contributed by atoms with Crippen molar-refractivity contribution in [2.75, 3.05) is 26.7 Å². The van der Waals surface area contributed by atoms with Crippen LogP contribution in [0.25, 0.3) is 0 Å².